The van der Waals surface area contributed by atoms with Gasteiger partial charge in [-0.2, -0.15) is 0 Å². The predicted molar refractivity (Wildman–Crippen MR) is 68.7 cm³/mol. The minimum Gasteiger partial charge on any atom is -0.461 e. The fourth-order valence-corrected chi connectivity index (χ4v) is 1.47. The third kappa shape index (κ3) is 3.80. The van der Waals surface area contributed by atoms with Crippen LogP contribution in [0.25, 0.3) is 0 Å². The molecule has 6 heteroatoms. The van der Waals surface area contributed by atoms with Gasteiger partial charge in [0.15, 0.2) is 0 Å². The standard InChI is InChI=1S/C12H19N3O3/c1-5-18-11(16)10-6-9(7-15(10)4)14-12(17)13-8(2)3/h6-8H,5H2,1-4H3,(H2,13,14,17). The van der Waals surface area contributed by atoms with Gasteiger partial charge >= 0.3 is 12.0 Å². The predicted octanol–water partition coefficient (Wildman–Crippen LogP) is 1.73. The molecule has 18 heavy (non-hydrogen) atoms. The van der Waals surface area contributed by atoms with E-state index < -0.39 is 5.97 Å². The first kappa shape index (κ1) is 14.1. The van der Waals surface area contributed by atoms with Crippen LogP contribution in [0.3, 0.4) is 0 Å². The monoisotopic (exact) mass is 253 g/mol. The van der Waals surface area contributed by atoms with Crippen LogP contribution in [-0.2, 0) is 11.8 Å². The van der Waals surface area contributed by atoms with E-state index in [1.165, 1.54) is 0 Å². The topological polar surface area (TPSA) is 72.4 Å². The normalized spacial score (nSPS) is 10.3. The minimum absolute atomic E-state index is 0.0539. The van der Waals surface area contributed by atoms with Crippen molar-refractivity contribution in [1.29, 1.82) is 0 Å². The first-order valence-corrected chi connectivity index (χ1v) is 5.85. The van der Waals surface area contributed by atoms with Gasteiger partial charge < -0.3 is 19.9 Å². The second kappa shape index (κ2) is 6.09. The zero-order valence-electron chi connectivity index (χ0n) is 11.1. The number of aromatic nitrogens is 1. The molecule has 1 aromatic heterocycles. The van der Waals surface area contributed by atoms with E-state index in [1.54, 1.807) is 30.8 Å². The summed E-state index contributed by atoms with van der Waals surface area (Å²) in [7, 11) is 1.72. The van der Waals surface area contributed by atoms with Crippen molar-refractivity contribution in [3.05, 3.63) is 18.0 Å². The van der Waals surface area contributed by atoms with E-state index in [-0.39, 0.29) is 12.1 Å². The minimum atomic E-state index is -0.405. The summed E-state index contributed by atoms with van der Waals surface area (Å²) in [6.45, 7) is 5.81. The van der Waals surface area contributed by atoms with E-state index in [2.05, 4.69) is 10.6 Å². The maximum atomic E-state index is 11.6. The zero-order chi connectivity index (χ0) is 13.7. The van der Waals surface area contributed by atoms with Crippen LogP contribution in [0.15, 0.2) is 12.3 Å². The third-order valence-corrected chi connectivity index (χ3v) is 2.17. The number of amides is 2. The number of hydrogen-bond donors (Lipinski definition) is 2. The lowest BCUT2D eigenvalue weighted by Gasteiger charge is -2.08. The number of anilines is 1. The van der Waals surface area contributed by atoms with Crippen LogP contribution in [0.1, 0.15) is 31.3 Å². The Labute approximate surface area is 106 Å². The summed E-state index contributed by atoms with van der Waals surface area (Å²) in [4.78, 5) is 23.1. The van der Waals surface area contributed by atoms with Crippen LogP contribution in [-0.4, -0.2) is 29.2 Å². The number of esters is 1. The number of nitrogens with one attached hydrogen (secondary N) is 2. The Morgan fingerprint density at radius 3 is 2.67 bits per heavy atom. The SMILES string of the molecule is CCOC(=O)c1cc(NC(=O)NC(C)C)cn1C. The smallest absolute Gasteiger partial charge is 0.355 e. The molecule has 2 N–H and O–H groups in total. The van der Waals surface area contributed by atoms with Crippen molar-refractivity contribution < 1.29 is 14.3 Å². The Morgan fingerprint density at radius 2 is 2.11 bits per heavy atom. The van der Waals surface area contributed by atoms with Gasteiger partial charge in [0.1, 0.15) is 5.69 Å². The molecule has 0 saturated carbocycles. The summed E-state index contributed by atoms with van der Waals surface area (Å²) in [5.74, 6) is -0.405. The highest BCUT2D eigenvalue weighted by Gasteiger charge is 2.14. The molecule has 0 aliphatic carbocycles. The quantitative estimate of drug-likeness (QED) is 0.803. The second-order valence-corrected chi connectivity index (χ2v) is 4.20. The van der Waals surface area contributed by atoms with Gasteiger partial charge in [-0.15, -0.1) is 0 Å². The maximum Gasteiger partial charge on any atom is 0.355 e. The molecule has 6 nitrogen and oxygen atoms in total. The number of ether oxygens (including phenoxy) is 1. The molecule has 1 aromatic rings. The zero-order valence-corrected chi connectivity index (χ0v) is 11.1. The molecule has 0 aliphatic rings. The van der Waals surface area contributed by atoms with Gasteiger partial charge in [0.25, 0.3) is 0 Å². The van der Waals surface area contributed by atoms with Gasteiger partial charge in [-0.3, -0.25) is 0 Å². The molecule has 2 amide bonds. The summed E-state index contributed by atoms with van der Waals surface area (Å²) >= 11 is 0. The average molecular weight is 253 g/mol. The molecule has 0 spiro atoms. The molecule has 1 heterocycles. The van der Waals surface area contributed by atoms with Crippen molar-refractivity contribution in [3.63, 3.8) is 0 Å². The highest BCUT2D eigenvalue weighted by Crippen LogP contribution is 2.13. The molecular formula is C12H19N3O3. The second-order valence-electron chi connectivity index (χ2n) is 4.20. The van der Waals surface area contributed by atoms with Crippen molar-refractivity contribution in [2.24, 2.45) is 7.05 Å². The number of aryl methyl sites for hydroxylation is 1. The molecule has 0 saturated heterocycles. The fraction of sp³-hybridized carbons (Fsp3) is 0.500. The molecule has 0 fully saturated rings. The molecule has 0 radical (unpaired) electrons. The molecule has 1 rings (SSSR count). The Morgan fingerprint density at radius 1 is 1.44 bits per heavy atom. The molecule has 0 atom stereocenters. The van der Waals surface area contributed by atoms with E-state index in [9.17, 15) is 9.59 Å². The van der Waals surface area contributed by atoms with Crippen LogP contribution in [0.2, 0.25) is 0 Å². The van der Waals surface area contributed by atoms with Crippen molar-refractivity contribution in [3.8, 4) is 0 Å². The van der Waals surface area contributed by atoms with Gasteiger partial charge in [-0.1, -0.05) is 0 Å². The van der Waals surface area contributed by atoms with Gasteiger partial charge in [0, 0.05) is 19.3 Å². The Balaban J connectivity index is 2.72. The number of carbonyl (C=O) groups excluding carboxylic acids is 2. The van der Waals surface area contributed by atoms with Crippen molar-refractivity contribution in [1.82, 2.24) is 9.88 Å². The van der Waals surface area contributed by atoms with Crippen molar-refractivity contribution in [2.45, 2.75) is 26.8 Å². The summed E-state index contributed by atoms with van der Waals surface area (Å²) in [5, 5.41) is 5.35. The van der Waals surface area contributed by atoms with Gasteiger partial charge in [0.05, 0.1) is 12.3 Å². The molecule has 100 valence electrons. The van der Waals surface area contributed by atoms with E-state index in [1.807, 2.05) is 13.8 Å². The fourth-order valence-electron chi connectivity index (χ4n) is 1.47. The Hall–Kier alpha value is -1.98. The van der Waals surface area contributed by atoms with Gasteiger partial charge in [-0.05, 0) is 26.8 Å². The first-order chi connectivity index (χ1) is 8.43. The van der Waals surface area contributed by atoms with Crippen molar-refractivity contribution >= 4 is 17.7 Å². The largest absolute Gasteiger partial charge is 0.461 e. The van der Waals surface area contributed by atoms with E-state index in [0.717, 1.165) is 0 Å². The lowest BCUT2D eigenvalue weighted by Crippen LogP contribution is -2.34. The highest BCUT2D eigenvalue weighted by molar-refractivity contribution is 5.93. The third-order valence-electron chi connectivity index (χ3n) is 2.17. The number of urea groups is 1. The number of nitrogens with zero attached hydrogens (tertiary/aromatic N) is 1. The molecular weight excluding hydrogens is 234 g/mol. The molecule has 0 aromatic carbocycles. The summed E-state index contributed by atoms with van der Waals surface area (Å²) < 4.78 is 6.52. The number of hydrogen-bond acceptors (Lipinski definition) is 3. The Kier molecular flexibility index (Phi) is 4.76. The average Bonchev–Trinajstić information content (AvgIpc) is 2.58. The van der Waals surface area contributed by atoms with Crippen LogP contribution < -0.4 is 10.6 Å². The van der Waals surface area contributed by atoms with Crippen LogP contribution in [0.5, 0.6) is 0 Å². The molecule has 0 unspecified atom stereocenters. The molecule has 0 aliphatic heterocycles. The van der Waals surface area contributed by atoms with Gasteiger partial charge in [0.2, 0.25) is 0 Å². The first-order valence-electron chi connectivity index (χ1n) is 5.85. The van der Waals surface area contributed by atoms with E-state index in [0.29, 0.717) is 18.0 Å². The number of rotatable bonds is 4. The number of carbonyl (C=O) groups is 2. The van der Waals surface area contributed by atoms with E-state index in [4.69, 9.17) is 4.74 Å². The van der Waals surface area contributed by atoms with Gasteiger partial charge in [-0.25, -0.2) is 9.59 Å². The summed E-state index contributed by atoms with van der Waals surface area (Å²) in [6, 6.07) is 1.34. The van der Waals surface area contributed by atoms with E-state index >= 15 is 0 Å². The van der Waals surface area contributed by atoms with Crippen molar-refractivity contribution in [2.75, 3.05) is 11.9 Å². The lowest BCUT2D eigenvalue weighted by molar-refractivity contribution is 0.0515. The Bertz CT molecular complexity index is 438. The van der Waals surface area contributed by atoms with Crippen LogP contribution >= 0.6 is 0 Å². The maximum absolute atomic E-state index is 11.6. The highest BCUT2D eigenvalue weighted by atomic mass is 16.5. The summed E-state index contributed by atoms with van der Waals surface area (Å²) in [5.41, 5.74) is 0.954. The summed E-state index contributed by atoms with van der Waals surface area (Å²) in [6.07, 6.45) is 1.66. The molecule has 0 bridgehead atoms. The van der Waals surface area contributed by atoms with Crippen LogP contribution in [0.4, 0.5) is 10.5 Å². The van der Waals surface area contributed by atoms with Crippen LogP contribution in [0, 0.1) is 0 Å². The lowest BCUT2D eigenvalue weighted by atomic mass is 10.4.